The zero-order valence-corrected chi connectivity index (χ0v) is 15.7. The van der Waals surface area contributed by atoms with Gasteiger partial charge in [0.05, 0.1) is 13.2 Å². The van der Waals surface area contributed by atoms with E-state index in [2.05, 4.69) is 22.9 Å². The molecule has 1 atom stereocenters. The van der Waals surface area contributed by atoms with Crippen LogP contribution in [0, 0.1) is 12.8 Å². The number of amides is 1. The third-order valence-corrected chi connectivity index (χ3v) is 5.44. The molecule has 0 bridgehead atoms. The molecule has 6 heteroatoms. The number of hydrogen-bond acceptors (Lipinski definition) is 5. The van der Waals surface area contributed by atoms with Crippen molar-refractivity contribution in [1.82, 2.24) is 14.9 Å². The third-order valence-electron chi connectivity index (χ3n) is 5.44. The van der Waals surface area contributed by atoms with Crippen LogP contribution < -0.4 is 4.90 Å². The molecule has 2 aliphatic heterocycles. The zero-order chi connectivity index (χ0) is 17.8. The highest BCUT2D eigenvalue weighted by molar-refractivity contribution is 5.78. The van der Waals surface area contributed by atoms with Gasteiger partial charge in [0.15, 0.2) is 0 Å². The van der Waals surface area contributed by atoms with Crippen LogP contribution in [0.5, 0.6) is 0 Å². The first-order chi connectivity index (χ1) is 12.1. The molecule has 0 radical (unpaired) electrons. The highest BCUT2D eigenvalue weighted by Crippen LogP contribution is 2.29. The summed E-state index contributed by atoms with van der Waals surface area (Å²) >= 11 is 0. The van der Waals surface area contributed by atoms with Gasteiger partial charge in [-0.1, -0.05) is 13.8 Å². The maximum absolute atomic E-state index is 12.4. The molecule has 2 saturated heterocycles. The van der Waals surface area contributed by atoms with Gasteiger partial charge in [-0.2, -0.15) is 0 Å². The molecule has 138 valence electrons. The number of likely N-dealkylation sites (tertiary alicyclic amines) is 1. The van der Waals surface area contributed by atoms with Gasteiger partial charge in [0.2, 0.25) is 5.91 Å². The van der Waals surface area contributed by atoms with Gasteiger partial charge in [-0.3, -0.25) is 4.79 Å². The van der Waals surface area contributed by atoms with Crippen molar-refractivity contribution in [3.63, 3.8) is 0 Å². The summed E-state index contributed by atoms with van der Waals surface area (Å²) in [5.41, 5.74) is 1.13. The van der Waals surface area contributed by atoms with Gasteiger partial charge in [-0.25, -0.2) is 9.97 Å². The summed E-state index contributed by atoms with van der Waals surface area (Å²) in [6.45, 7) is 11.0. The lowest BCUT2D eigenvalue weighted by Gasteiger charge is -2.34. The van der Waals surface area contributed by atoms with Crippen molar-refractivity contribution in [3.05, 3.63) is 17.6 Å². The van der Waals surface area contributed by atoms with E-state index in [4.69, 9.17) is 9.72 Å². The summed E-state index contributed by atoms with van der Waals surface area (Å²) in [5.74, 6) is 2.70. The van der Waals surface area contributed by atoms with Gasteiger partial charge in [0, 0.05) is 49.8 Å². The molecule has 1 aromatic heterocycles. The Balaban J connectivity index is 1.66. The topological polar surface area (TPSA) is 58.6 Å². The number of morpholine rings is 1. The Bertz CT molecular complexity index is 593. The predicted octanol–water partition coefficient (Wildman–Crippen LogP) is 2.37. The predicted molar refractivity (Wildman–Crippen MR) is 97.8 cm³/mol. The molecule has 0 spiro atoms. The van der Waals surface area contributed by atoms with Crippen molar-refractivity contribution in [2.45, 2.75) is 46.0 Å². The van der Waals surface area contributed by atoms with Crippen LogP contribution >= 0.6 is 0 Å². The molecule has 25 heavy (non-hydrogen) atoms. The van der Waals surface area contributed by atoms with E-state index in [1.165, 1.54) is 0 Å². The van der Waals surface area contributed by atoms with E-state index in [0.29, 0.717) is 11.8 Å². The number of ether oxygens (including phenoxy) is 1. The van der Waals surface area contributed by atoms with Crippen LogP contribution in [0.1, 0.15) is 50.5 Å². The molecule has 0 aliphatic carbocycles. The minimum Gasteiger partial charge on any atom is -0.378 e. The van der Waals surface area contributed by atoms with E-state index in [9.17, 15) is 4.79 Å². The minimum atomic E-state index is 0.130. The SMILES string of the molecule is CC[C@@H](C)C(=O)N1CCC(c2cc(N3CCOCC3)nc(C)n2)CC1. The Morgan fingerprint density at radius 1 is 1.24 bits per heavy atom. The fourth-order valence-corrected chi connectivity index (χ4v) is 3.62. The van der Waals surface area contributed by atoms with Gasteiger partial charge in [0.1, 0.15) is 11.6 Å². The van der Waals surface area contributed by atoms with Crippen LogP contribution in [0.2, 0.25) is 0 Å². The number of rotatable bonds is 4. The molecule has 6 nitrogen and oxygen atoms in total. The molecular weight excluding hydrogens is 316 g/mol. The molecule has 0 N–H and O–H groups in total. The monoisotopic (exact) mass is 346 g/mol. The molecule has 3 rings (SSSR count). The van der Waals surface area contributed by atoms with Gasteiger partial charge >= 0.3 is 0 Å². The van der Waals surface area contributed by atoms with E-state index < -0.39 is 0 Å². The average molecular weight is 346 g/mol. The number of carbonyl (C=O) groups is 1. The van der Waals surface area contributed by atoms with Crippen LogP contribution in [-0.4, -0.2) is 60.2 Å². The second-order valence-electron chi connectivity index (χ2n) is 7.21. The van der Waals surface area contributed by atoms with Crippen molar-refractivity contribution in [3.8, 4) is 0 Å². The maximum Gasteiger partial charge on any atom is 0.225 e. The molecule has 1 amide bonds. The second-order valence-corrected chi connectivity index (χ2v) is 7.21. The van der Waals surface area contributed by atoms with Crippen molar-refractivity contribution in [2.75, 3.05) is 44.3 Å². The average Bonchev–Trinajstić information content (AvgIpc) is 2.67. The summed E-state index contributed by atoms with van der Waals surface area (Å²) in [7, 11) is 0. The van der Waals surface area contributed by atoms with Crippen LogP contribution in [0.4, 0.5) is 5.82 Å². The normalized spacial score (nSPS) is 20.6. The van der Waals surface area contributed by atoms with Gasteiger partial charge in [0.25, 0.3) is 0 Å². The Hall–Kier alpha value is -1.69. The number of carbonyl (C=O) groups excluding carboxylic acids is 1. The second kappa shape index (κ2) is 8.13. The highest BCUT2D eigenvalue weighted by Gasteiger charge is 2.27. The lowest BCUT2D eigenvalue weighted by atomic mass is 9.92. The van der Waals surface area contributed by atoms with E-state index in [-0.39, 0.29) is 5.92 Å². The minimum absolute atomic E-state index is 0.130. The van der Waals surface area contributed by atoms with Crippen molar-refractivity contribution in [2.24, 2.45) is 5.92 Å². The van der Waals surface area contributed by atoms with E-state index >= 15 is 0 Å². The standard InChI is InChI=1S/C19H30N4O2/c1-4-14(2)19(24)23-7-5-16(6-8-23)17-13-18(21-15(3)20-17)22-9-11-25-12-10-22/h13-14,16H,4-12H2,1-3H3/t14-/m1/s1. The summed E-state index contributed by atoms with van der Waals surface area (Å²) in [5, 5.41) is 0. The number of piperidine rings is 1. The maximum atomic E-state index is 12.4. The van der Waals surface area contributed by atoms with E-state index in [1.54, 1.807) is 0 Å². The molecule has 2 aliphatic rings. The van der Waals surface area contributed by atoms with E-state index in [1.807, 2.05) is 18.7 Å². The number of nitrogens with zero attached hydrogens (tertiary/aromatic N) is 4. The van der Waals surface area contributed by atoms with Crippen molar-refractivity contribution >= 4 is 11.7 Å². The van der Waals surface area contributed by atoms with Gasteiger partial charge in [-0.05, 0) is 26.2 Å². The third kappa shape index (κ3) is 4.29. The van der Waals surface area contributed by atoms with E-state index in [0.717, 1.165) is 76.0 Å². The number of anilines is 1. The largest absolute Gasteiger partial charge is 0.378 e. The van der Waals surface area contributed by atoms with Gasteiger partial charge < -0.3 is 14.5 Å². The molecular formula is C19H30N4O2. The molecule has 1 aromatic rings. The van der Waals surface area contributed by atoms with Crippen molar-refractivity contribution in [1.29, 1.82) is 0 Å². The number of aromatic nitrogens is 2. The van der Waals surface area contributed by atoms with Crippen molar-refractivity contribution < 1.29 is 9.53 Å². The molecule has 3 heterocycles. The lowest BCUT2D eigenvalue weighted by Crippen LogP contribution is -2.41. The number of aryl methyl sites for hydroxylation is 1. The smallest absolute Gasteiger partial charge is 0.225 e. The summed E-state index contributed by atoms with van der Waals surface area (Å²) in [6.07, 6.45) is 2.88. The Kier molecular flexibility index (Phi) is 5.89. The van der Waals surface area contributed by atoms with Crippen LogP contribution in [0.15, 0.2) is 6.07 Å². The summed E-state index contributed by atoms with van der Waals surface area (Å²) in [4.78, 5) is 26.0. The van der Waals surface area contributed by atoms with Crippen LogP contribution in [0.25, 0.3) is 0 Å². The molecule has 0 aromatic carbocycles. The Morgan fingerprint density at radius 3 is 2.56 bits per heavy atom. The Morgan fingerprint density at radius 2 is 1.92 bits per heavy atom. The first-order valence-electron chi connectivity index (χ1n) is 9.55. The number of hydrogen-bond donors (Lipinski definition) is 0. The fourth-order valence-electron chi connectivity index (χ4n) is 3.62. The van der Waals surface area contributed by atoms with Gasteiger partial charge in [-0.15, -0.1) is 0 Å². The Labute approximate surface area is 150 Å². The lowest BCUT2D eigenvalue weighted by molar-refractivity contribution is -0.136. The summed E-state index contributed by atoms with van der Waals surface area (Å²) < 4.78 is 5.44. The molecule has 0 unspecified atom stereocenters. The fraction of sp³-hybridized carbons (Fsp3) is 0.737. The molecule has 0 saturated carbocycles. The zero-order valence-electron chi connectivity index (χ0n) is 15.7. The highest BCUT2D eigenvalue weighted by atomic mass is 16.5. The summed E-state index contributed by atoms with van der Waals surface area (Å²) in [6, 6.07) is 2.15. The quantitative estimate of drug-likeness (QED) is 0.838. The first-order valence-corrected chi connectivity index (χ1v) is 9.55. The molecule has 2 fully saturated rings. The van der Waals surface area contributed by atoms with Crippen LogP contribution in [0.3, 0.4) is 0 Å². The van der Waals surface area contributed by atoms with Crippen LogP contribution in [-0.2, 0) is 9.53 Å². The first kappa shape index (κ1) is 18.1.